The van der Waals surface area contributed by atoms with Gasteiger partial charge in [-0.15, -0.1) is 0 Å². The molecule has 0 aliphatic rings. The molecule has 0 saturated carbocycles. The third kappa shape index (κ3) is 66.6. The van der Waals surface area contributed by atoms with Crippen LogP contribution in [0.4, 0.5) is 0 Å². The number of esters is 2. The summed E-state index contributed by atoms with van der Waals surface area (Å²) in [6.07, 6.45) is 84.3. The summed E-state index contributed by atoms with van der Waals surface area (Å²) in [5.74, 6) is -0.846. The average Bonchev–Trinajstić information content (AvgIpc) is 3.46. The number of carbonyl (C=O) groups is 2. The highest BCUT2D eigenvalue weighted by atomic mass is 31.2. The molecule has 0 heterocycles. The fourth-order valence-corrected chi connectivity index (χ4v) is 10.6. The zero-order chi connectivity index (χ0) is 59.8. The Kier molecular flexibility index (Phi) is 61.0. The summed E-state index contributed by atoms with van der Waals surface area (Å²) in [6, 6.07) is 0. The molecular formula is C72H132NO8P. The Bertz CT molecular complexity index is 1610. The number of unbranched alkanes of at least 4 members (excludes halogenated alkanes) is 38. The van der Waals surface area contributed by atoms with E-state index in [1.165, 1.54) is 205 Å². The van der Waals surface area contributed by atoms with Gasteiger partial charge in [0.05, 0.1) is 27.7 Å². The molecule has 0 bridgehead atoms. The number of hydrogen-bond acceptors (Lipinski definition) is 8. The predicted molar refractivity (Wildman–Crippen MR) is 351 cm³/mol. The van der Waals surface area contributed by atoms with Gasteiger partial charge in [-0.1, -0.05) is 299 Å². The van der Waals surface area contributed by atoms with Crippen LogP contribution in [0, 0.1) is 0 Å². The number of likely N-dealkylation sites (N-methyl/N-ethyl adjacent to an activating group) is 1. The van der Waals surface area contributed by atoms with E-state index < -0.39 is 26.5 Å². The lowest BCUT2D eigenvalue weighted by Gasteiger charge is -2.28. The van der Waals surface area contributed by atoms with Crippen LogP contribution >= 0.6 is 7.82 Å². The smallest absolute Gasteiger partial charge is 0.306 e. The summed E-state index contributed by atoms with van der Waals surface area (Å²) in [7, 11) is 1.15. The van der Waals surface area contributed by atoms with Gasteiger partial charge in [-0.3, -0.25) is 14.2 Å². The highest BCUT2D eigenvalue weighted by Gasteiger charge is 2.22. The molecule has 0 aromatic heterocycles. The topological polar surface area (TPSA) is 111 Å². The van der Waals surface area contributed by atoms with E-state index in [0.29, 0.717) is 17.4 Å². The number of phosphoric acid groups is 1. The molecular weight excluding hydrogens is 1040 g/mol. The second-order valence-electron chi connectivity index (χ2n) is 24.5. The molecule has 0 N–H and O–H groups in total. The molecule has 0 radical (unpaired) electrons. The summed E-state index contributed by atoms with van der Waals surface area (Å²) < 4.78 is 34.2. The SMILES string of the molecule is CC/C=C\C/C=C\C/C=C\C/C=C\C/C=C\CCCCCCCC(=O)OC(COC(=O)CCCCCCCCCCCCCCCCCCCCCCCCCCC/C=C\CCCCCCCCCC)COP(=O)([O-])OCC[N+](C)(C)C. The predicted octanol–water partition coefficient (Wildman–Crippen LogP) is 21.8. The molecule has 0 saturated heterocycles. The summed E-state index contributed by atoms with van der Waals surface area (Å²) in [4.78, 5) is 38.0. The van der Waals surface area contributed by atoms with Crippen LogP contribution in [0.25, 0.3) is 0 Å². The number of ether oxygens (including phenoxy) is 2. The minimum Gasteiger partial charge on any atom is -0.756 e. The van der Waals surface area contributed by atoms with Crippen molar-refractivity contribution in [1.29, 1.82) is 0 Å². The maximum atomic E-state index is 12.8. The molecule has 0 aromatic rings. The van der Waals surface area contributed by atoms with Crippen molar-refractivity contribution in [1.82, 2.24) is 0 Å². The van der Waals surface area contributed by atoms with Crippen LogP contribution in [0.3, 0.4) is 0 Å². The molecule has 9 nitrogen and oxygen atoms in total. The van der Waals surface area contributed by atoms with Gasteiger partial charge < -0.3 is 27.9 Å². The minimum absolute atomic E-state index is 0.0366. The van der Waals surface area contributed by atoms with Crippen LogP contribution in [0.2, 0.25) is 0 Å². The van der Waals surface area contributed by atoms with Crippen molar-refractivity contribution in [2.75, 3.05) is 47.5 Å². The Morgan fingerprint density at radius 3 is 1.05 bits per heavy atom. The fourth-order valence-electron chi connectivity index (χ4n) is 9.92. The van der Waals surface area contributed by atoms with E-state index in [-0.39, 0.29) is 32.0 Å². The first-order valence-corrected chi connectivity index (χ1v) is 36.1. The van der Waals surface area contributed by atoms with Crippen molar-refractivity contribution in [2.45, 2.75) is 328 Å². The van der Waals surface area contributed by atoms with Gasteiger partial charge in [0.25, 0.3) is 7.82 Å². The summed E-state index contributed by atoms with van der Waals surface area (Å²) in [6.45, 7) is 4.14. The first-order chi connectivity index (χ1) is 40.0. The Labute approximate surface area is 508 Å². The quantitative estimate of drug-likeness (QED) is 0.0195. The third-order valence-electron chi connectivity index (χ3n) is 15.2. The lowest BCUT2D eigenvalue weighted by atomic mass is 10.0. The Morgan fingerprint density at radius 2 is 0.695 bits per heavy atom. The first kappa shape index (κ1) is 79.5. The van der Waals surface area contributed by atoms with Crippen LogP contribution in [-0.4, -0.2) is 70.0 Å². The van der Waals surface area contributed by atoms with E-state index in [1.807, 2.05) is 21.1 Å². The number of allylic oxidation sites excluding steroid dienone is 12. The number of nitrogens with zero attached hydrogens (tertiary/aromatic N) is 1. The molecule has 2 unspecified atom stereocenters. The van der Waals surface area contributed by atoms with Crippen LogP contribution < -0.4 is 4.89 Å². The van der Waals surface area contributed by atoms with Gasteiger partial charge in [-0.05, 0) is 83.5 Å². The molecule has 0 rings (SSSR count). The lowest BCUT2D eigenvalue weighted by molar-refractivity contribution is -0.870. The molecule has 10 heteroatoms. The Balaban J connectivity index is 3.97. The maximum absolute atomic E-state index is 12.8. The fraction of sp³-hybridized carbons (Fsp3) is 0.806. The highest BCUT2D eigenvalue weighted by molar-refractivity contribution is 7.45. The lowest BCUT2D eigenvalue weighted by Crippen LogP contribution is -2.37. The second-order valence-corrected chi connectivity index (χ2v) is 25.9. The van der Waals surface area contributed by atoms with Gasteiger partial charge in [0.2, 0.25) is 0 Å². The van der Waals surface area contributed by atoms with Crippen molar-refractivity contribution in [3.8, 4) is 0 Å². The second kappa shape index (κ2) is 63.0. The standard InChI is InChI=1S/C72H132NO8P/c1-6-8-10-12-14-16-18-20-22-24-26-28-29-30-31-32-33-34-35-36-37-38-39-40-41-42-43-45-46-48-50-52-54-56-58-60-62-64-71(74)78-68-70(69-80-82(76,77)79-67-66-73(3,4)5)81-72(75)65-63-61-59-57-55-53-51-49-47-44-27-25-23-21-19-17-15-13-11-9-7-2/h9,11,15,17,21,23-24,26-27,44,49,51,70H,6-8,10,12-14,16,18-20,22,25,28-43,45-48,50,52-69H2,1-5H3/b11-9-,17-15-,23-21-,26-24-,44-27-,51-49-. The molecule has 2 atom stereocenters. The average molecular weight is 1170 g/mol. The molecule has 0 aliphatic carbocycles. The van der Waals surface area contributed by atoms with Crippen molar-refractivity contribution in [2.24, 2.45) is 0 Å². The molecule has 0 amide bonds. The van der Waals surface area contributed by atoms with E-state index in [1.54, 1.807) is 0 Å². The van der Waals surface area contributed by atoms with Gasteiger partial charge in [0.15, 0.2) is 6.10 Å². The molecule has 0 spiro atoms. The van der Waals surface area contributed by atoms with E-state index in [4.69, 9.17) is 18.5 Å². The van der Waals surface area contributed by atoms with E-state index in [9.17, 15) is 19.0 Å². The monoisotopic (exact) mass is 1170 g/mol. The maximum Gasteiger partial charge on any atom is 0.306 e. The zero-order valence-electron chi connectivity index (χ0n) is 54.4. The number of quaternary nitrogens is 1. The van der Waals surface area contributed by atoms with E-state index in [0.717, 1.165) is 83.5 Å². The van der Waals surface area contributed by atoms with Gasteiger partial charge >= 0.3 is 11.9 Å². The van der Waals surface area contributed by atoms with Gasteiger partial charge in [0, 0.05) is 12.8 Å². The normalized spacial score (nSPS) is 13.6. The Morgan fingerprint density at radius 1 is 0.390 bits per heavy atom. The van der Waals surface area contributed by atoms with Crippen LogP contribution in [0.15, 0.2) is 72.9 Å². The molecule has 0 aromatic carbocycles. The van der Waals surface area contributed by atoms with Crippen molar-refractivity contribution in [3.63, 3.8) is 0 Å². The van der Waals surface area contributed by atoms with Crippen molar-refractivity contribution < 1.29 is 42.1 Å². The van der Waals surface area contributed by atoms with Gasteiger partial charge in [-0.25, -0.2) is 0 Å². The summed E-state index contributed by atoms with van der Waals surface area (Å²) >= 11 is 0. The number of carbonyl (C=O) groups excluding carboxylic acids is 2. The van der Waals surface area contributed by atoms with Crippen LogP contribution in [0.5, 0.6) is 0 Å². The number of hydrogen-bond donors (Lipinski definition) is 0. The van der Waals surface area contributed by atoms with Gasteiger partial charge in [0.1, 0.15) is 19.8 Å². The summed E-state index contributed by atoms with van der Waals surface area (Å²) in [5, 5.41) is 0. The number of phosphoric ester groups is 1. The molecule has 0 aliphatic heterocycles. The van der Waals surface area contributed by atoms with Crippen molar-refractivity contribution >= 4 is 19.8 Å². The summed E-state index contributed by atoms with van der Waals surface area (Å²) in [5.41, 5.74) is 0. The molecule has 0 fully saturated rings. The van der Waals surface area contributed by atoms with Crippen LogP contribution in [0.1, 0.15) is 322 Å². The van der Waals surface area contributed by atoms with Gasteiger partial charge in [-0.2, -0.15) is 0 Å². The largest absolute Gasteiger partial charge is 0.756 e. The van der Waals surface area contributed by atoms with Crippen LogP contribution in [-0.2, 0) is 32.7 Å². The zero-order valence-corrected chi connectivity index (χ0v) is 55.3. The Hall–Kier alpha value is -2.55. The first-order valence-electron chi connectivity index (χ1n) is 34.6. The highest BCUT2D eigenvalue weighted by Crippen LogP contribution is 2.38. The van der Waals surface area contributed by atoms with E-state index in [2.05, 4.69) is 86.8 Å². The molecule has 82 heavy (non-hydrogen) atoms. The third-order valence-corrected chi connectivity index (χ3v) is 16.2. The number of rotatable bonds is 64. The minimum atomic E-state index is -4.65. The van der Waals surface area contributed by atoms with E-state index >= 15 is 0 Å². The van der Waals surface area contributed by atoms with Crippen molar-refractivity contribution in [3.05, 3.63) is 72.9 Å². The molecule has 478 valence electrons.